The van der Waals surface area contributed by atoms with Crippen molar-refractivity contribution in [2.75, 3.05) is 5.73 Å². The van der Waals surface area contributed by atoms with Crippen LogP contribution in [0.25, 0.3) is 32.6 Å². The predicted octanol–water partition coefficient (Wildman–Crippen LogP) is 5.61. The molecule has 0 fully saturated rings. The van der Waals surface area contributed by atoms with Crippen LogP contribution in [0.2, 0.25) is 0 Å². The second kappa shape index (κ2) is 6.61. The zero-order valence-corrected chi connectivity index (χ0v) is 15.8. The lowest BCUT2D eigenvalue weighted by Gasteiger charge is -2.09. The summed E-state index contributed by atoms with van der Waals surface area (Å²) in [5, 5.41) is 4.76. The average molecular weight is 363 g/mol. The second-order valence-corrected chi connectivity index (χ2v) is 7.44. The Hall–Kier alpha value is -3.46. The lowest BCUT2D eigenvalue weighted by atomic mass is 10.0. The number of hydrogen-bond donors (Lipinski definition) is 1. The molecule has 0 aliphatic rings. The molecule has 0 unspecified atom stereocenters. The monoisotopic (exact) mass is 363 g/mol. The Bertz CT molecular complexity index is 1340. The fraction of sp³-hybridized carbons (Fsp3) is 0.120. The molecule has 5 aromatic rings. The summed E-state index contributed by atoms with van der Waals surface area (Å²) in [4.78, 5) is 9.16. The molecule has 0 atom stereocenters. The van der Waals surface area contributed by atoms with Crippen LogP contribution in [0.1, 0.15) is 16.7 Å². The number of aryl methyl sites for hydroxylation is 3. The summed E-state index contributed by atoms with van der Waals surface area (Å²) in [6.07, 6.45) is 3.86. The van der Waals surface area contributed by atoms with E-state index in [0.717, 1.165) is 34.6 Å². The molecule has 28 heavy (non-hydrogen) atoms. The van der Waals surface area contributed by atoms with Gasteiger partial charge in [0.25, 0.3) is 0 Å². The van der Waals surface area contributed by atoms with Crippen LogP contribution in [-0.2, 0) is 12.8 Å². The molecule has 0 saturated carbocycles. The number of nitrogens with two attached hydrogens (primary N) is 1. The number of rotatable bonds is 3. The Morgan fingerprint density at radius 2 is 1.61 bits per heavy atom. The molecule has 0 aliphatic carbocycles. The maximum atomic E-state index is 6.17. The topological polar surface area (TPSA) is 51.8 Å². The Morgan fingerprint density at radius 1 is 0.786 bits per heavy atom. The summed E-state index contributed by atoms with van der Waals surface area (Å²) < 4.78 is 0. The van der Waals surface area contributed by atoms with Crippen molar-refractivity contribution in [2.24, 2.45) is 0 Å². The Balaban J connectivity index is 1.51. The summed E-state index contributed by atoms with van der Waals surface area (Å²) in [5.41, 5.74) is 11.6. The van der Waals surface area contributed by atoms with E-state index in [9.17, 15) is 0 Å². The van der Waals surface area contributed by atoms with Gasteiger partial charge in [0.15, 0.2) is 5.82 Å². The molecular weight excluding hydrogens is 342 g/mol. The van der Waals surface area contributed by atoms with E-state index in [1.54, 1.807) is 0 Å². The first-order valence-electron chi connectivity index (χ1n) is 9.59. The van der Waals surface area contributed by atoms with Crippen LogP contribution in [0, 0.1) is 6.92 Å². The third-order valence-corrected chi connectivity index (χ3v) is 5.39. The molecule has 3 heteroatoms. The van der Waals surface area contributed by atoms with Gasteiger partial charge in [-0.15, -0.1) is 0 Å². The third-order valence-electron chi connectivity index (χ3n) is 5.39. The standard InChI is InChI=1S/C25H21N3/c1-16-6-11-21-22-14-18(15-27-24(22)25(26)28-23(21)12-16)8-7-17-9-10-19-4-2-3-5-20(19)13-17/h2-6,9-15H,7-8H2,1H3,(H2,26,28). The first kappa shape index (κ1) is 16.7. The normalized spacial score (nSPS) is 11.5. The number of nitrogens with zero attached hydrogens (tertiary/aromatic N) is 2. The van der Waals surface area contributed by atoms with Gasteiger partial charge in [-0.25, -0.2) is 4.98 Å². The zero-order valence-electron chi connectivity index (χ0n) is 15.8. The van der Waals surface area contributed by atoms with Gasteiger partial charge in [-0.05, 0) is 59.4 Å². The number of pyridine rings is 2. The highest BCUT2D eigenvalue weighted by Crippen LogP contribution is 2.28. The lowest BCUT2D eigenvalue weighted by molar-refractivity contribution is 0.957. The molecule has 3 nitrogen and oxygen atoms in total. The van der Waals surface area contributed by atoms with Crippen LogP contribution in [0.15, 0.2) is 72.9 Å². The minimum Gasteiger partial charge on any atom is -0.382 e. The van der Waals surface area contributed by atoms with Crippen molar-refractivity contribution in [1.29, 1.82) is 0 Å². The van der Waals surface area contributed by atoms with Crippen molar-refractivity contribution in [3.8, 4) is 0 Å². The molecule has 2 aromatic heterocycles. The van der Waals surface area contributed by atoms with E-state index in [4.69, 9.17) is 5.73 Å². The summed E-state index contributed by atoms with van der Waals surface area (Å²) in [5.74, 6) is 0.495. The molecule has 0 bridgehead atoms. The molecule has 0 saturated heterocycles. The van der Waals surface area contributed by atoms with E-state index in [1.807, 2.05) is 6.20 Å². The molecule has 2 heterocycles. The Kier molecular flexibility index (Phi) is 3.94. The van der Waals surface area contributed by atoms with Crippen LogP contribution >= 0.6 is 0 Å². The highest BCUT2D eigenvalue weighted by Gasteiger charge is 2.09. The minimum absolute atomic E-state index is 0.495. The fourth-order valence-corrected chi connectivity index (χ4v) is 3.88. The molecule has 136 valence electrons. The van der Waals surface area contributed by atoms with Gasteiger partial charge < -0.3 is 5.73 Å². The number of nitrogen functional groups attached to an aromatic ring is 1. The summed E-state index contributed by atoms with van der Waals surface area (Å²) >= 11 is 0. The van der Waals surface area contributed by atoms with E-state index < -0.39 is 0 Å². The highest BCUT2D eigenvalue weighted by molar-refractivity contribution is 6.08. The van der Waals surface area contributed by atoms with Crippen LogP contribution in [0.4, 0.5) is 5.82 Å². The molecule has 3 aromatic carbocycles. The number of anilines is 1. The molecule has 2 N–H and O–H groups in total. The van der Waals surface area contributed by atoms with Crippen molar-refractivity contribution in [2.45, 2.75) is 19.8 Å². The van der Waals surface area contributed by atoms with Gasteiger partial charge in [-0.3, -0.25) is 4.98 Å². The lowest BCUT2D eigenvalue weighted by Crippen LogP contribution is -1.98. The summed E-state index contributed by atoms with van der Waals surface area (Å²) in [6.45, 7) is 2.07. The van der Waals surface area contributed by atoms with Gasteiger partial charge in [-0.2, -0.15) is 0 Å². The predicted molar refractivity (Wildman–Crippen MR) is 118 cm³/mol. The summed E-state index contributed by atoms with van der Waals surface area (Å²) in [6, 6.07) is 23.7. The number of aromatic nitrogens is 2. The largest absolute Gasteiger partial charge is 0.382 e. The first-order chi connectivity index (χ1) is 13.7. The van der Waals surface area contributed by atoms with Crippen molar-refractivity contribution in [3.05, 3.63) is 89.6 Å². The van der Waals surface area contributed by atoms with Crippen molar-refractivity contribution in [3.63, 3.8) is 0 Å². The smallest absolute Gasteiger partial charge is 0.150 e. The van der Waals surface area contributed by atoms with Crippen LogP contribution in [0.5, 0.6) is 0 Å². The van der Waals surface area contributed by atoms with Gasteiger partial charge in [0.05, 0.1) is 5.52 Å². The fourth-order valence-electron chi connectivity index (χ4n) is 3.88. The third kappa shape index (κ3) is 2.95. The Morgan fingerprint density at radius 3 is 2.50 bits per heavy atom. The van der Waals surface area contributed by atoms with Crippen molar-refractivity contribution < 1.29 is 0 Å². The number of hydrogen-bond acceptors (Lipinski definition) is 3. The van der Waals surface area contributed by atoms with E-state index in [2.05, 4.69) is 83.6 Å². The van der Waals surface area contributed by atoms with Gasteiger partial charge >= 0.3 is 0 Å². The van der Waals surface area contributed by atoms with Crippen LogP contribution in [0.3, 0.4) is 0 Å². The van der Waals surface area contributed by atoms with Gasteiger partial charge in [0.2, 0.25) is 0 Å². The quantitative estimate of drug-likeness (QED) is 0.424. The molecule has 0 amide bonds. The average Bonchev–Trinajstić information content (AvgIpc) is 2.72. The van der Waals surface area contributed by atoms with E-state index >= 15 is 0 Å². The number of benzene rings is 3. The second-order valence-electron chi connectivity index (χ2n) is 7.44. The SMILES string of the molecule is Cc1ccc2c(c1)nc(N)c1ncc(CCc3ccc4ccccc4c3)cc12. The maximum absolute atomic E-state index is 6.17. The van der Waals surface area contributed by atoms with E-state index in [-0.39, 0.29) is 0 Å². The van der Waals surface area contributed by atoms with Crippen molar-refractivity contribution >= 4 is 38.4 Å². The first-order valence-corrected chi connectivity index (χ1v) is 9.59. The van der Waals surface area contributed by atoms with E-state index in [0.29, 0.717) is 5.82 Å². The molecule has 0 aliphatic heterocycles. The number of fused-ring (bicyclic) bond motifs is 4. The van der Waals surface area contributed by atoms with Gasteiger partial charge in [-0.1, -0.05) is 54.6 Å². The highest BCUT2D eigenvalue weighted by atomic mass is 14.9. The summed E-state index contributed by atoms with van der Waals surface area (Å²) in [7, 11) is 0. The minimum atomic E-state index is 0.495. The van der Waals surface area contributed by atoms with Crippen LogP contribution < -0.4 is 5.73 Å². The molecule has 0 spiro atoms. The molecule has 0 radical (unpaired) electrons. The van der Waals surface area contributed by atoms with Crippen LogP contribution in [-0.4, -0.2) is 9.97 Å². The van der Waals surface area contributed by atoms with Gasteiger partial charge in [0.1, 0.15) is 5.52 Å². The van der Waals surface area contributed by atoms with Crippen molar-refractivity contribution in [1.82, 2.24) is 9.97 Å². The molecular formula is C25H21N3. The van der Waals surface area contributed by atoms with E-state index in [1.165, 1.54) is 27.5 Å². The van der Waals surface area contributed by atoms with Gasteiger partial charge in [0, 0.05) is 17.0 Å². The Labute approximate surface area is 163 Å². The maximum Gasteiger partial charge on any atom is 0.150 e. The molecule has 5 rings (SSSR count). The zero-order chi connectivity index (χ0) is 19.1.